The van der Waals surface area contributed by atoms with Crippen molar-refractivity contribution in [1.29, 1.82) is 0 Å². The second kappa shape index (κ2) is 4.15. The van der Waals surface area contributed by atoms with Crippen molar-refractivity contribution in [3.8, 4) is 0 Å². The first kappa shape index (κ1) is 11.0. The van der Waals surface area contributed by atoms with E-state index in [1.54, 1.807) is 0 Å². The van der Waals surface area contributed by atoms with E-state index in [0.29, 0.717) is 10.9 Å². The summed E-state index contributed by atoms with van der Waals surface area (Å²) in [6.45, 7) is 1.91. The first-order valence-corrected chi connectivity index (χ1v) is 5.97. The molecule has 0 aliphatic heterocycles. The summed E-state index contributed by atoms with van der Waals surface area (Å²) in [5.41, 5.74) is 0.225. The van der Waals surface area contributed by atoms with Gasteiger partial charge in [0.05, 0.1) is 5.60 Å². The quantitative estimate of drug-likeness (QED) is 0.812. The van der Waals surface area contributed by atoms with E-state index in [2.05, 4.69) is 0 Å². The largest absolute Gasteiger partial charge is 0.385 e. The molecule has 0 heterocycles. The van der Waals surface area contributed by atoms with Gasteiger partial charge >= 0.3 is 0 Å². The molecule has 0 aromatic heterocycles. The van der Waals surface area contributed by atoms with Crippen LogP contribution in [0.4, 0.5) is 0 Å². The first-order chi connectivity index (χ1) is 7.10. The molecule has 0 spiro atoms. The molecule has 0 saturated heterocycles. The van der Waals surface area contributed by atoms with Crippen LogP contribution in [0.5, 0.6) is 0 Å². The minimum absolute atomic E-state index is 0.385. The molecule has 82 valence electrons. The molecular weight excluding hydrogens is 208 g/mol. The van der Waals surface area contributed by atoms with E-state index in [1.807, 2.05) is 31.2 Å². The van der Waals surface area contributed by atoms with Crippen LogP contribution in [0.3, 0.4) is 0 Å². The maximum absolute atomic E-state index is 10.6. The lowest BCUT2D eigenvalue weighted by atomic mass is 9.82. The van der Waals surface area contributed by atoms with Gasteiger partial charge in [-0.1, -0.05) is 36.6 Å². The van der Waals surface area contributed by atoms with Gasteiger partial charge in [-0.05, 0) is 43.4 Å². The Balaban J connectivity index is 2.27. The van der Waals surface area contributed by atoms with E-state index < -0.39 is 5.60 Å². The SMILES string of the molecule is CC(O)(c1cccc(Cl)c1)C1CCCC1. The van der Waals surface area contributed by atoms with Crippen LogP contribution in [0.25, 0.3) is 0 Å². The zero-order valence-electron chi connectivity index (χ0n) is 9.04. The smallest absolute Gasteiger partial charge is 0.0897 e. The molecule has 0 amide bonds. The fourth-order valence-corrected chi connectivity index (χ4v) is 2.72. The molecule has 1 aliphatic carbocycles. The van der Waals surface area contributed by atoms with Gasteiger partial charge < -0.3 is 5.11 Å². The highest BCUT2D eigenvalue weighted by Gasteiger charge is 2.35. The topological polar surface area (TPSA) is 20.2 Å². The van der Waals surface area contributed by atoms with Crippen molar-refractivity contribution in [1.82, 2.24) is 0 Å². The first-order valence-electron chi connectivity index (χ1n) is 5.59. The van der Waals surface area contributed by atoms with Crippen LogP contribution < -0.4 is 0 Å². The van der Waals surface area contributed by atoms with Gasteiger partial charge in [0.2, 0.25) is 0 Å². The third-order valence-electron chi connectivity index (χ3n) is 3.56. The van der Waals surface area contributed by atoms with Crippen molar-refractivity contribution in [3.05, 3.63) is 34.9 Å². The van der Waals surface area contributed by atoms with Gasteiger partial charge in [-0.25, -0.2) is 0 Å². The van der Waals surface area contributed by atoms with Crippen molar-refractivity contribution in [2.45, 2.75) is 38.2 Å². The van der Waals surface area contributed by atoms with E-state index >= 15 is 0 Å². The van der Waals surface area contributed by atoms with Crippen molar-refractivity contribution >= 4 is 11.6 Å². The predicted octanol–water partition coefficient (Wildman–Crippen LogP) is 3.74. The highest BCUT2D eigenvalue weighted by atomic mass is 35.5. The van der Waals surface area contributed by atoms with E-state index in [0.717, 1.165) is 18.4 Å². The van der Waals surface area contributed by atoms with Crippen molar-refractivity contribution in [3.63, 3.8) is 0 Å². The normalized spacial score (nSPS) is 21.5. The second-order valence-corrected chi connectivity index (χ2v) is 5.08. The number of rotatable bonds is 2. The van der Waals surface area contributed by atoms with Crippen LogP contribution in [0, 0.1) is 5.92 Å². The average Bonchev–Trinajstić information content (AvgIpc) is 2.71. The van der Waals surface area contributed by atoms with Crippen LogP contribution in [0.2, 0.25) is 5.02 Å². The highest BCUT2D eigenvalue weighted by Crippen LogP contribution is 2.40. The minimum atomic E-state index is -0.721. The zero-order valence-corrected chi connectivity index (χ0v) is 9.80. The van der Waals surface area contributed by atoms with E-state index in [4.69, 9.17) is 11.6 Å². The molecule has 1 aromatic rings. The lowest BCUT2D eigenvalue weighted by Crippen LogP contribution is -2.29. The molecule has 1 fully saturated rings. The Kier molecular flexibility index (Phi) is 3.03. The fraction of sp³-hybridized carbons (Fsp3) is 0.538. The van der Waals surface area contributed by atoms with Gasteiger partial charge in [0.15, 0.2) is 0 Å². The third-order valence-corrected chi connectivity index (χ3v) is 3.79. The van der Waals surface area contributed by atoms with Gasteiger partial charge in [-0.15, -0.1) is 0 Å². The van der Waals surface area contributed by atoms with Gasteiger partial charge in [0.1, 0.15) is 0 Å². The molecule has 1 nitrogen and oxygen atoms in total. The summed E-state index contributed by atoms with van der Waals surface area (Å²) in [6.07, 6.45) is 4.72. The monoisotopic (exact) mass is 224 g/mol. The maximum Gasteiger partial charge on any atom is 0.0897 e. The Hall–Kier alpha value is -0.530. The van der Waals surface area contributed by atoms with E-state index in [-0.39, 0.29) is 0 Å². The van der Waals surface area contributed by atoms with Gasteiger partial charge in [0, 0.05) is 5.02 Å². The Bertz CT molecular complexity index is 340. The number of hydrogen-bond acceptors (Lipinski definition) is 1. The molecule has 1 saturated carbocycles. The van der Waals surface area contributed by atoms with Crippen LogP contribution in [0.1, 0.15) is 38.2 Å². The van der Waals surface area contributed by atoms with Crippen molar-refractivity contribution < 1.29 is 5.11 Å². The molecule has 15 heavy (non-hydrogen) atoms. The lowest BCUT2D eigenvalue weighted by Gasteiger charge is -2.30. The van der Waals surface area contributed by atoms with E-state index in [9.17, 15) is 5.11 Å². The van der Waals surface area contributed by atoms with E-state index in [1.165, 1.54) is 12.8 Å². The minimum Gasteiger partial charge on any atom is -0.385 e. The molecule has 0 radical (unpaired) electrons. The molecule has 2 heteroatoms. The molecule has 1 N–H and O–H groups in total. The van der Waals surface area contributed by atoms with Crippen molar-refractivity contribution in [2.24, 2.45) is 5.92 Å². The van der Waals surface area contributed by atoms with Crippen LogP contribution in [0.15, 0.2) is 24.3 Å². The molecule has 1 unspecified atom stereocenters. The summed E-state index contributed by atoms with van der Waals surface area (Å²) < 4.78 is 0. The maximum atomic E-state index is 10.6. The van der Waals surface area contributed by atoms with Crippen LogP contribution >= 0.6 is 11.6 Å². The molecule has 0 bridgehead atoms. The van der Waals surface area contributed by atoms with Gasteiger partial charge in [0.25, 0.3) is 0 Å². The zero-order chi connectivity index (χ0) is 10.9. The Labute approximate surface area is 96.1 Å². The summed E-state index contributed by atoms with van der Waals surface area (Å²) in [5, 5.41) is 11.3. The third kappa shape index (κ3) is 2.19. The van der Waals surface area contributed by atoms with Crippen LogP contribution in [-0.4, -0.2) is 5.11 Å². The fourth-order valence-electron chi connectivity index (χ4n) is 2.53. The van der Waals surface area contributed by atoms with Gasteiger partial charge in [-0.3, -0.25) is 0 Å². The summed E-state index contributed by atoms with van der Waals surface area (Å²) >= 11 is 5.95. The van der Waals surface area contributed by atoms with Crippen molar-refractivity contribution in [2.75, 3.05) is 0 Å². The lowest BCUT2D eigenvalue weighted by molar-refractivity contribution is -0.00331. The summed E-state index contributed by atoms with van der Waals surface area (Å²) in [4.78, 5) is 0. The second-order valence-electron chi connectivity index (χ2n) is 4.64. The number of aliphatic hydroxyl groups is 1. The predicted molar refractivity (Wildman–Crippen MR) is 63.0 cm³/mol. The average molecular weight is 225 g/mol. The number of halogens is 1. The molecule has 2 rings (SSSR count). The summed E-state index contributed by atoms with van der Waals surface area (Å²) in [6, 6.07) is 7.58. The Morgan fingerprint density at radius 2 is 2.00 bits per heavy atom. The molecule has 1 aromatic carbocycles. The summed E-state index contributed by atoms with van der Waals surface area (Å²) in [5.74, 6) is 0.385. The summed E-state index contributed by atoms with van der Waals surface area (Å²) in [7, 11) is 0. The Morgan fingerprint density at radius 3 is 2.60 bits per heavy atom. The number of benzene rings is 1. The van der Waals surface area contributed by atoms with Crippen LogP contribution in [-0.2, 0) is 5.60 Å². The highest BCUT2D eigenvalue weighted by molar-refractivity contribution is 6.30. The Morgan fingerprint density at radius 1 is 1.33 bits per heavy atom. The molecular formula is C13H17ClO. The van der Waals surface area contributed by atoms with Gasteiger partial charge in [-0.2, -0.15) is 0 Å². The molecule has 1 atom stereocenters. The molecule has 1 aliphatic rings. The number of hydrogen-bond donors (Lipinski definition) is 1. The standard InChI is InChI=1S/C13H17ClO/c1-13(15,10-5-2-3-6-10)11-7-4-8-12(14)9-11/h4,7-10,15H,2-3,5-6H2,1H3.